The van der Waals surface area contributed by atoms with Crippen LogP contribution in [0.25, 0.3) is 11.1 Å². The smallest absolute Gasteiger partial charge is 0.227 e. The van der Waals surface area contributed by atoms with Crippen molar-refractivity contribution in [1.82, 2.24) is 14.9 Å². The molecule has 1 saturated heterocycles. The van der Waals surface area contributed by atoms with Crippen molar-refractivity contribution < 1.29 is 4.79 Å². The van der Waals surface area contributed by atoms with E-state index in [4.69, 9.17) is 0 Å². The minimum absolute atomic E-state index is 0.0205. The zero-order valence-electron chi connectivity index (χ0n) is 17.7. The van der Waals surface area contributed by atoms with Crippen LogP contribution in [0.4, 0.5) is 5.95 Å². The number of hydrogen-bond donors (Lipinski definition) is 0. The van der Waals surface area contributed by atoms with Crippen molar-refractivity contribution in [2.45, 2.75) is 26.3 Å². The van der Waals surface area contributed by atoms with Crippen LogP contribution in [0.5, 0.6) is 0 Å². The third-order valence-electron chi connectivity index (χ3n) is 5.72. The summed E-state index contributed by atoms with van der Waals surface area (Å²) in [5.74, 6) is 0.877. The fourth-order valence-corrected chi connectivity index (χ4v) is 3.99. The molecule has 30 heavy (non-hydrogen) atoms. The lowest BCUT2D eigenvalue weighted by atomic mass is 9.96. The van der Waals surface area contributed by atoms with Crippen molar-refractivity contribution in [1.29, 1.82) is 0 Å². The molecule has 0 saturated carbocycles. The summed E-state index contributed by atoms with van der Waals surface area (Å²) < 4.78 is 0. The van der Waals surface area contributed by atoms with Crippen LogP contribution in [0.2, 0.25) is 0 Å². The highest BCUT2D eigenvalue weighted by Gasteiger charge is 2.29. The summed E-state index contributed by atoms with van der Waals surface area (Å²) >= 11 is 0. The monoisotopic (exact) mass is 400 g/mol. The zero-order chi connectivity index (χ0) is 20.9. The van der Waals surface area contributed by atoms with E-state index in [-0.39, 0.29) is 11.8 Å². The van der Waals surface area contributed by atoms with Crippen LogP contribution >= 0.6 is 0 Å². The minimum Gasteiger partial charge on any atom is -0.341 e. The fraction of sp³-hybridized carbons (Fsp3) is 0.320. The number of carbonyl (C=O) groups is 1. The third-order valence-corrected chi connectivity index (χ3v) is 5.72. The Morgan fingerprint density at radius 2 is 1.73 bits per heavy atom. The second kappa shape index (κ2) is 9.08. The summed E-state index contributed by atoms with van der Waals surface area (Å²) in [4.78, 5) is 26.2. The summed E-state index contributed by atoms with van der Waals surface area (Å²) in [6.45, 7) is 4.27. The standard InChI is InChI=1S/C25H28N4O/c1-19-10-12-21(13-11-19)23-15-26-25(27-16-23)29-14-6-9-22(18-29)24(30)28(2)17-20-7-4-3-5-8-20/h3-5,7-8,10-13,15-16,22H,6,9,14,17-18H2,1-2H3/t22-/m0/s1. The Labute approximate surface area is 178 Å². The Morgan fingerprint density at radius 1 is 1.03 bits per heavy atom. The Balaban J connectivity index is 1.40. The van der Waals surface area contributed by atoms with E-state index in [9.17, 15) is 4.79 Å². The fourth-order valence-electron chi connectivity index (χ4n) is 3.99. The van der Waals surface area contributed by atoms with Gasteiger partial charge in [0.1, 0.15) is 0 Å². The highest BCUT2D eigenvalue weighted by atomic mass is 16.2. The van der Waals surface area contributed by atoms with Crippen LogP contribution in [0.15, 0.2) is 67.0 Å². The van der Waals surface area contributed by atoms with Crippen LogP contribution in [0, 0.1) is 12.8 Å². The van der Waals surface area contributed by atoms with E-state index in [1.807, 2.05) is 42.5 Å². The summed E-state index contributed by atoms with van der Waals surface area (Å²) in [7, 11) is 1.89. The average Bonchev–Trinajstić information content (AvgIpc) is 2.80. The third kappa shape index (κ3) is 4.67. The Kier molecular flexibility index (Phi) is 6.07. The molecule has 1 aromatic heterocycles. The molecule has 0 radical (unpaired) electrons. The van der Waals surface area contributed by atoms with Gasteiger partial charge in [-0.2, -0.15) is 0 Å². The van der Waals surface area contributed by atoms with Gasteiger partial charge in [-0.15, -0.1) is 0 Å². The molecule has 1 atom stereocenters. The van der Waals surface area contributed by atoms with Crippen LogP contribution < -0.4 is 4.90 Å². The van der Waals surface area contributed by atoms with Crippen molar-refractivity contribution in [3.63, 3.8) is 0 Å². The van der Waals surface area contributed by atoms with Crippen LogP contribution in [-0.4, -0.2) is 40.9 Å². The lowest BCUT2D eigenvalue weighted by molar-refractivity contribution is -0.135. The summed E-state index contributed by atoms with van der Waals surface area (Å²) in [6, 6.07) is 18.5. The average molecular weight is 401 g/mol. The van der Waals surface area contributed by atoms with Crippen LogP contribution in [0.1, 0.15) is 24.0 Å². The van der Waals surface area contributed by atoms with Crippen molar-refractivity contribution in [3.8, 4) is 11.1 Å². The van der Waals surface area contributed by atoms with Gasteiger partial charge in [-0.25, -0.2) is 9.97 Å². The number of nitrogens with zero attached hydrogens (tertiary/aromatic N) is 4. The molecule has 1 amide bonds. The molecule has 1 aliphatic heterocycles. The molecule has 0 spiro atoms. The molecular weight excluding hydrogens is 372 g/mol. The first-order chi connectivity index (χ1) is 14.6. The molecular formula is C25H28N4O. The second-order valence-electron chi connectivity index (χ2n) is 8.10. The Bertz CT molecular complexity index is 970. The van der Waals surface area contributed by atoms with E-state index >= 15 is 0 Å². The maximum absolute atomic E-state index is 13.0. The molecule has 1 fully saturated rings. The number of aryl methyl sites for hydroxylation is 1. The number of amides is 1. The van der Waals surface area contributed by atoms with Gasteiger partial charge >= 0.3 is 0 Å². The van der Waals surface area contributed by atoms with Crippen molar-refractivity contribution in [2.75, 3.05) is 25.0 Å². The lowest BCUT2D eigenvalue weighted by Gasteiger charge is -2.34. The topological polar surface area (TPSA) is 49.3 Å². The van der Waals surface area contributed by atoms with Gasteiger partial charge in [0.25, 0.3) is 0 Å². The number of carbonyl (C=O) groups excluding carboxylic acids is 1. The van der Waals surface area contributed by atoms with Crippen LogP contribution in [0.3, 0.4) is 0 Å². The van der Waals surface area contributed by atoms with Crippen molar-refractivity contribution >= 4 is 11.9 Å². The Hall–Kier alpha value is -3.21. The second-order valence-corrected chi connectivity index (χ2v) is 8.10. The van der Waals surface area contributed by atoms with Crippen LogP contribution in [-0.2, 0) is 11.3 Å². The molecule has 0 N–H and O–H groups in total. The maximum atomic E-state index is 13.0. The van der Waals surface area contributed by atoms with Gasteiger partial charge in [0, 0.05) is 44.6 Å². The van der Waals surface area contributed by atoms with Gasteiger partial charge in [-0.1, -0.05) is 60.2 Å². The minimum atomic E-state index is -0.0205. The van der Waals surface area contributed by atoms with Gasteiger partial charge in [0.2, 0.25) is 11.9 Å². The molecule has 154 valence electrons. The number of hydrogen-bond acceptors (Lipinski definition) is 4. The molecule has 0 unspecified atom stereocenters. The predicted octanol–water partition coefficient (Wildman–Crippen LogP) is 4.33. The zero-order valence-corrected chi connectivity index (χ0v) is 17.7. The van der Waals surface area contributed by atoms with Gasteiger partial charge in [-0.05, 0) is 30.9 Å². The molecule has 1 aliphatic rings. The van der Waals surface area contributed by atoms with E-state index in [1.54, 1.807) is 0 Å². The predicted molar refractivity (Wildman–Crippen MR) is 120 cm³/mol. The number of anilines is 1. The molecule has 3 aromatic rings. The molecule has 2 aromatic carbocycles. The normalized spacial score (nSPS) is 16.3. The summed E-state index contributed by atoms with van der Waals surface area (Å²) in [5, 5.41) is 0. The quantitative estimate of drug-likeness (QED) is 0.640. The van der Waals surface area contributed by atoms with Gasteiger partial charge in [-0.3, -0.25) is 4.79 Å². The molecule has 4 rings (SSSR count). The van der Waals surface area contributed by atoms with Gasteiger partial charge < -0.3 is 9.80 Å². The number of piperidine rings is 1. The molecule has 5 heteroatoms. The van der Waals surface area contributed by atoms with E-state index in [1.165, 1.54) is 5.56 Å². The number of rotatable bonds is 5. The molecule has 0 aliphatic carbocycles. The number of benzene rings is 2. The number of aromatic nitrogens is 2. The largest absolute Gasteiger partial charge is 0.341 e. The first kappa shape index (κ1) is 20.1. The van der Waals surface area contributed by atoms with E-state index in [0.29, 0.717) is 19.0 Å². The first-order valence-corrected chi connectivity index (χ1v) is 10.5. The highest BCUT2D eigenvalue weighted by Crippen LogP contribution is 2.24. The van der Waals surface area contributed by atoms with E-state index < -0.39 is 0 Å². The molecule has 0 bridgehead atoms. The van der Waals surface area contributed by atoms with Crippen molar-refractivity contribution in [2.24, 2.45) is 5.92 Å². The van der Waals surface area contributed by atoms with Gasteiger partial charge in [0.15, 0.2) is 0 Å². The Morgan fingerprint density at radius 3 is 2.43 bits per heavy atom. The van der Waals surface area contributed by atoms with Crippen molar-refractivity contribution in [3.05, 3.63) is 78.1 Å². The van der Waals surface area contributed by atoms with E-state index in [2.05, 4.69) is 58.2 Å². The summed E-state index contributed by atoms with van der Waals surface area (Å²) in [5.41, 5.74) is 4.50. The first-order valence-electron chi connectivity index (χ1n) is 10.5. The lowest BCUT2D eigenvalue weighted by Crippen LogP contribution is -2.44. The van der Waals surface area contributed by atoms with Gasteiger partial charge in [0.05, 0.1) is 5.92 Å². The van der Waals surface area contributed by atoms with E-state index in [0.717, 1.165) is 36.1 Å². The highest BCUT2D eigenvalue weighted by molar-refractivity contribution is 5.79. The maximum Gasteiger partial charge on any atom is 0.227 e. The SMILES string of the molecule is Cc1ccc(-c2cnc(N3CCC[C@H](C(=O)N(C)Cc4ccccc4)C3)nc2)cc1. The molecule has 5 nitrogen and oxygen atoms in total. The molecule has 2 heterocycles. The summed E-state index contributed by atoms with van der Waals surface area (Å²) in [6.07, 6.45) is 5.63.